The molecule has 2 saturated heterocycles. The molecule has 0 unspecified atom stereocenters. The number of aryl methyl sites for hydroxylation is 2. The standard InChI is InChI=1S/C32H43N5O3/c1-4-24-11-10-23(18-25(24)5-2)19-29(30(38)36-20-22(3)21-36)34-31(39)35-15-13-27(14-16-35)37-17-12-26-8-6-7-9-28(26)33-32(37)40/h6-11,18,22,27,29H,4-5,12-17,19-21H2,1-3H3,(H,33,40)(H,34,39)/t29-/m1/s1. The molecule has 0 bridgehead atoms. The van der Waals surface area contributed by atoms with Crippen LogP contribution in [-0.2, 0) is 30.5 Å². The van der Waals surface area contributed by atoms with Crippen molar-refractivity contribution in [3.8, 4) is 0 Å². The molecule has 2 fully saturated rings. The average Bonchev–Trinajstić information content (AvgIpc) is 3.12. The Kier molecular flexibility index (Phi) is 8.62. The van der Waals surface area contributed by atoms with E-state index in [1.54, 1.807) is 4.90 Å². The van der Waals surface area contributed by atoms with Gasteiger partial charge in [0.1, 0.15) is 6.04 Å². The van der Waals surface area contributed by atoms with Crippen molar-refractivity contribution < 1.29 is 14.4 Å². The Morgan fingerprint density at radius 1 is 0.975 bits per heavy atom. The molecule has 5 amide bonds. The van der Waals surface area contributed by atoms with Crippen molar-refractivity contribution in [3.63, 3.8) is 0 Å². The summed E-state index contributed by atoms with van der Waals surface area (Å²) in [4.78, 5) is 45.4. The van der Waals surface area contributed by atoms with Gasteiger partial charge in [-0.1, -0.05) is 57.2 Å². The molecule has 2 N–H and O–H groups in total. The molecule has 0 radical (unpaired) electrons. The Balaban J connectivity index is 1.21. The summed E-state index contributed by atoms with van der Waals surface area (Å²) in [6, 6.07) is 13.6. The third kappa shape index (κ3) is 6.11. The van der Waals surface area contributed by atoms with E-state index in [9.17, 15) is 14.4 Å². The first-order chi connectivity index (χ1) is 19.4. The number of amides is 5. The second kappa shape index (κ2) is 12.3. The monoisotopic (exact) mass is 545 g/mol. The number of rotatable bonds is 7. The molecule has 0 spiro atoms. The first kappa shape index (κ1) is 28.0. The number of carbonyl (C=O) groups excluding carboxylic acids is 3. The Hall–Kier alpha value is -3.55. The number of piperidine rings is 1. The summed E-state index contributed by atoms with van der Waals surface area (Å²) in [5, 5.41) is 6.15. The predicted octanol–water partition coefficient (Wildman–Crippen LogP) is 4.47. The predicted molar refractivity (Wildman–Crippen MR) is 157 cm³/mol. The van der Waals surface area contributed by atoms with Crippen LogP contribution in [0.15, 0.2) is 42.5 Å². The first-order valence-corrected chi connectivity index (χ1v) is 15.0. The van der Waals surface area contributed by atoms with Gasteiger partial charge >= 0.3 is 12.1 Å². The lowest BCUT2D eigenvalue weighted by atomic mass is 9.95. The summed E-state index contributed by atoms with van der Waals surface area (Å²) in [6.45, 7) is 9.72. The lowest BCUT2D eigenvalue weighted by molar-refractivity contribution is -0.139. The van der Waals surface area contributed by atoms with Crippen molar-refractivity contribution in [2.45, 2.75) is 71.4 Å². The Morgan fingerprint density at radius 3 is 2.40 bits per heavy atom. The molecule has 3 heterocycles. The van der Waals surface area contributed by atoms with E-state index in [2.05, 4.69) is 55.7 Å². The van der Waals surface area contributed by atoms with Gasteiger partial charge in [0.25, 0.3) is 0 Å². The summed E-state index contributed by atoms with van der Waals surface area (Å²) in [5.41, 5.74) is 5.75. The minimum absolute atomic E-state index is 0.000225. The van der Waals surface area contributed by atoms with E-state index in [0.717, 1.165) is 62.0 Å². The van der Waals surface area contributed by atoms with Gasteiger partial charge in [0.2, 0.25) is 5.91 Å². The maximum absolute atomic E-state index is 13.4. The number of hydrogen-bond acceptors (Lipinski definition) is 3. The lowest BCUT2D eigenvalue weighted by Crippen LogP contribution is -2.59. The van der Waals surface area contributed by atoms with E-state index in [1.807, 2.05) is 28.0 Å². The summed E-state index contributed by atoms with van der Waals surface area (Å²) < 4.78 is 0. The second-order valence-corrected chi connectivity index (χ2v) is 11.6. The van der Waals surface area contributed by atoms with Crippen molar-refractivity contribution in [1.82, 2.24) is 20.0 Å². The molecule has 8 heteroatoms. The number of nitrogens with zero attached hydrogens (tertiary/aromatic N) is 3. The quantitative estimate of drug-likeness (QED) is 0.539. The molecule has 2 aromatic rings. The van der Waals surface area contributed by atoms with Crippen LogP contribution in [0.1, 0.15) is 55.9 Å². The van der Waals surface area contributed by atoms with Gasteiger partial charge in [-0.25, -0.2) is 9.59 Å². The van der Waals surface area contributed by atoms with Crippen LogP contribution in [0.2, 0.25) is 0 Å². The van der Waals surface area contributed by atoms with Crippen molar-refractivity contribution in [1.29, 1.82) is 0 Å². The highest BCUT2D eigenvalue weighted by Crippen LogP contribution is 2.25. The lowest BCUT2D eigenvalue weighted by Gasteiger charge is -2.40. The van der Waals surface area contributed by atoms with E-state index >= 15 is 0 Å². The number of fused-ring (bicyclic) bond motifs is 1. The van der Waals surface area contributed by atoms with Gasteiger partial charge in [0.05, 0.1) is 0 Å². The Bertz CT molecular complexity index is 1230. The van der Waals surface area contributed by atoms with Crippen LogP contribution in [0.3, 0.4) is 0 Å². The van der Waals surface area contributed by atoms with Gasteiger partial charge in [-0.15, -0.1) is 0 Å². The van der Waals surface area contributed by atoms with E-state index < -0.39 is 6.04 Å². The van der Waals surface area contributed by atoms with Crippen LogP contribution in [-0.4, -0.2) is 77.5 Å². The van der Waals surface area contributed by atoms with Crippen LogP contribution in [0.4, 0.5) is 15.3 Å². The van der Waals surface area contributed by atoms with E-state index in [0.29, 0.717) is 32.0 Å². The molecular weight excluding hydrogens is 502 g/mol. The topological polar surface area (TPSA) is 85.0 Å². The van der Waals surface area contributed by atoms with Crippen molar-refractivity contribution in [2.24, 2.45) is 5.92 Å². The van der Waals surface area contributed by atoms with Crippen molar-refractivity contribution in [3.05, 3.63) is 64.7 Å². The van der Waals surface area contributed by atoms with E-state index in [4.69, 9.17) is 0 Å². The highest BCUT2D eigenvalue weighted by Gasteiger charge is 2.35. The summed E-state index contributed by atoms with van der Waals surface area (Å²) in [5.74, 6) is 0.499. The molecule has 5 rings (SSSR count). The fraction of sp³-hybridized carbons (Fsp3) is 0.531. The van der Waals surface area contributed by atoms with Gasteiger partial charge in [-0.3, -0.25) is 4.79 Å². The number of likely N-dealkylation sites (tertiary alicyclic amines) is 2. The van der Waals surface area contributed by atoms with Gasteiger partial charge in [-0.05, 0) is 66.3 Å². The minimum atomic E-state index is -0.593. The zero-order valence-corrected chi connectivity index (χ0v) is 24.1. The highest BCUT2D eigenvalue weighted by atomic mass is 16.2. The fourth-order valence-electron chi connectivity index (χ4n) is 6.37. The molecule has 214 valence electrons. The molecule has 0 saturated carbocycles. The largest absolute Gasteiger partial charge is 0.340 e. The highest BCUT2D eigenvalue weighted by molar-refractivity contribution is 5.91. The number of hydrogen-bond donors (Lipinski definition) is 2. The zero-order valence-electron chi connectivity index (χ0n) is 24.1. The van der Waals surface area contributed by atoms with Crippen molar-refractivity contribution in [2.75, 3.05) is 38.0 Å². The summed E-state index contributed by atoms with van der Waals surface area (Å²) in [6.07, 6.45) is 4.67. The molecular formula is C32H43N5O3. The summed E-state index contributed by atoms with van der Waals surface area (Å²) >= 11 is 0. The smallest absolute Gasteiger partial charge is 0.322 e. The molecule has 40 heavy (non-hydrogen) atoms. The maximum atomic E-state index is 13.4. The molecule has 2 aromatic carbocycles. The molecule has 8 nitrogen and oxygen atoms in total. The Morgan fingerprint density at radius 2 is 1.70 bits per heavy atom. The number of carbonyl (C=O) groups is 3. The fourth-order valence-corrected chi connectivity index (χ4v) is 6.37. The molecule has 1 atom stereocenters. The van der Waals surface area contributed by atoms with E-state index in [1.165, 1.54) is 11.1 Å². The number of nitrogens with one attached hydrogen (secondary N) is 2. The third-order valence-electron chi connectivity index (χ3n) is 8.78. The second-order valence-electron chi connectivity index (χ2n) is 11.6. The van der Waals surface area contributed by atoms with Crippen molar-refractivity contribution >= 4 is 23.7 Å². The molecule has 3 aliphatic heterocycles. The summed E-state index contributed by atoms with van der Waals surface area (Å²) in [7, 11) is 0. The first-order valence-electron chi connectivity index (χ1n) is 15.0. The Labute approximate surface area is 238 Å². The van der Waals surface area contributed by atoms with Gasteiger partial charge in [0.15, 0.2) is 0 Å². The molecule has 0 aliphatic carbocycles. The zero-order chi connectivity index (χ0) is 28.2. The van der Waals surface area contributed by atoms with Gasteiger partial charge in [0, 0.05) is 50.9 Å². The third-order valence-corrected chi connectivity index (χ3v) is 8.78. The van der Waals surface area contributed by atoms with Crippen LogP contribution in [0.25, 0.3) is 0 Å². The van der Waals surface area contributed by atoms with Crippen LogP contribution < -0.4 is 10.6 Å². The number of urea groups is 2. The maximum Gasteiger partial charge on any atom is 0.322 e. The van der Waals surface area contributed by atoms with E-state index in [-0.39, 0.29) is 24.0 Å². The van der Waals surface area contributed by atoms with Gasteiger partial charge < -0.3 is 25.3 Å². The van der Waals surface area contributed by atoms with Gasteiger partial charge in [-0.2, -0.15) is 0 Å². The molecule has 0 aromatic heterocycles. The van der Waals surface area contributed by atoms with Crippen LogP contribution >= 0.6 is 0 Å². The SMILES string of the molecule is CCc1ccc(C[C@@H](NC(=O)N2CCC(N3CCc4ccccc4NC3=O)CC2)C(=O)N2CC(C)C2)cc1CC. The normalized spacial score (nSPS) is 18.9. The average molecular weight is 546 g/mol. The number of para-hydroxylation sites is 1. The van der Waals surface area contributed by atoms with Crippen LogP contribution in [0.5, 0.6) is 0 Å². The minimum Gasteiger partial charge on any atom is -0.340 e. The van der Waals surface area contributed by atoms with Crippen LogP contribution in [0, 0.1) is 5.92 Å². The number of anilines is 1. The number of benzene rings is 2. The molecule has 3 aliphatic rings.